The van der Waals surface area contributed by atoms with Crippen molar-refractivity contribution in [2.24, 2.45) is 0 Å². The van der Waals surface area contributed by atoms with Crippen molar-refractivity contribution in [3.63, 3.8) is 0 Å². The molecule has 456 valence electrons. The van der Waals surface area contributed by atoms with Gasteiger partial charge in [0.15, 0.2) is 23.1 Å². The lowest BCUT2D eigenvalue weighted by Crippen LogP contribution is -2.47. The Labute approximate surface area is 506 Å². The zero-order chi connectivity index (χ0) is 61.5. The van der Waals surface area contributed by atoms with Gasteiger partial charge in [-0.05, 0) is 138 Å². The maximum absolute atomic E-state index is 15.7. The van der Waals surface area contributed by atoms with Crippen molar-refractivity contribution in [3.05, 3.63) is 159 Å². The van der Waals surface area contributed by atoms with Gasteiger partial charge >= 0.3 is 6.09 Å². The van der Waals surface area contributed by atoms with E-state index in [0.717, 1.165) is 39.3 Å². The first kappa shape index (κ1) is 64.5. The van der Waals surface area contributed by atoms with Crippen molar-refractivity contribution in [2.75, 3.05) is 55.5 Å². The number of sulfonamides is 2. The number of hydrogen-bond acceptors (Lipinski definition) is 16. The summed E-state index contributed by atoms with van der Waals surface area (Å²) in [5, 5.41) is 3.12. The van der Waals surface area contributed by atoms with Crippen LogP contribution in [0.4, 0.5) is 41.4 Å². The number of piperidine rings is 2. The van der Waals surface area contributed by atoms with Crippen LogP contribution in [-0.2, 0) is 42.2 Å². The highest BCUT2D eigenvalue weighted by Crippen LogP contribution is 2.42. The highest BCUT2D eigenvalue weighted by molar-refractivity contribution is 7.93. The Morgan fingerprint density at radius 3 is 1.75 bits per heavy atom. The first-order valence-corrected chi connectivity index (χ1v) is 31.5. The second-order valence-electron chi connectivity index (χ2n) is 21.0. The molecule has 4 heterocycles. The summed E-state index contributed by atoms with van der Waals surface area (Å²) in [6, 6.07) is 16.8. The summed E-state index contributed by atoms with van der Waals surface area (Å²) in [4.78, 5) is 20.2. The number of hydrogen-bond donors (Lipinski definition) is 2. The predicted molar refractivity (Wildman–Crippen MR) is 310 cm³/mol. The Kier molecular flexibility index (Phi) is 20.5. The number of ether oxygens (including phenoxy) is 4. The van der Waals surface area contributed by atoms with Crippen LogP contribution in [0.15, 0.2) is 101 Å². The fraction of sp³-hybridized carbons (Fsp3) is 0.375. The first-order chi connectivity index (χ1) is 40.2. The molecule has 1 amide bonds. The van der Waals surface area contributed by atoms with Crippen molar-refractivity contribution in [3.8, 4) is 17.2 Å². The molecule has 2 N–H and O–H groups in total. The number of carbonyl (C=O) groups excluding carboxylic acids is 1. The number of halogens is 8. The van der Waals surface area contributed by atoms with Crippen LogP contribution in [0.2, 0.25) is 10.0 Å². The maximum atomic E-state index is 15.7. The van der Waals surface area contributed by atoms with Crippen molar-refractivity contribution in [1.29, 1.82) is 0 Å². The van der Waals surface area contributed by atoms with Gasteiger partial charge in [-0.1, -0.05) is 41.4 Å². The summed E-state index contributed by atoms with van der Waals surface area (Å²) in [5.74, 6) is -6.01. The van der Waals surface area contributed by atoms with Gasteiger partial charge in [0.05, 0.1) is 36.9 Å². The number of methoxy groups -OCH3 is 1. The molecule has 0 bridgehead atoms. The standard InChI is InChI=1S/C35H38ClF3N4O6S2.C21H20ClF3N4O3S2/c1-22-16-25(47-5)8-6-23(22)20-43(32-40-21-41-50-32)51(45,46)31-19-28(38)30(18-29(31)39)48-15-12-35(24-7-9-26(36)27(37)17-24)10-13-42(14-11-35)33(44)49-34(2,3)4;22-14-2-1-13(9-15(14)23)21(3-6-26-7-4-21)5-8-32-18-10-17(25)19(11-16(18)24)34(30,31)29-20-27-12-28-33-20/h6-9,16-19,21H,10-15,20H2,1-5H3;1-2,9-12,26H,3-8H2,(H,27,28,29). The molecular weight excluding hydrogens is 1240 g/mol. The van der Waals surface area contributed by atoms with Gasteiger partial charge < -0.3 is 29.2 Å². The molecule has 17 nitrogen and oxygen atoms in total. The number of anilines is 2. The second-order valence-corrected chi connectivity index (χ2v) is 26.9. The molecule has 5 aromatic carbocycles. The molecule has 0 aliphatic carbocycles. The smallest absolute Gasteiger partial charge is 0.410 e. The third-order valence-electron chi connectivity index (χ3n) is 14.5. The third-order valence-corrected chi connectivity index (χ3v) is 19.7. The quantitative estimate of drug-likeness (QED) is 0.0723. The fourth-order valence-electron chi connectivity index (χ4n) is 9.89. The highest BCUT2D eigenvalue weighted by atomic mass is 35.5. The van der Waals surface area contributed by atoms with E-state index in [-0.39, 0.29) is 46.5 Å². The number of likely N-dealkylation sites (tertiary alicyclic amines) is 1. The van der Waals surface area contributed by atoms with Crippen LogP contribution >= 0.6 is 46.3 Å². The van der Waals surface area contributed by atoms with Crippen molar-refractivity contribution < 1.29 is 66.9 Å². The van der Waals surface area contributed by atoms with Crippen LogP contribution in [-0.4, -0.2) is 98.6 Å². The van der Waals surface area contributed by atoms with Gasteiger partial charge in [-0.15, -0.1) is 0 Å². The van der Waals surface area contributed by atoms with E-state index in [0.29, 0.717) is 105 Å². The van der Waals surface area contributed by atoms with E-state index in [1.54, 1.807) is 62.9 Å². The zero-order valence-corrected chi connectivity index (χ0v) is 51.1. The van der Waals surface area contributed by atoms with Gasteiger partial charge in [0.25, 0.3) is 20.0 Å². The second kappa shape index (κ2) is 27.1. The van der Waals surface area contributed by atoms with E-state index in [1.807, 2.05) is 4.72 Å². The lowest BCUT2D eigenvalue weighted by molar-refractivity contribution is 0.0151. The number of carbonyl (C=O) groups is 1. The Bertz CT molecular complexity index is 3730. The lowest BCUT2D eigenvalue weighted by Gasteiger charge is -2.42. The van der Waals surface area contributed by atoms with Gasteiger partial charge in [-0.25, -0.2) is 62.2 Å². The first-order valence-electron chi connectivity index (χ1n) is 26.3. The Balaban J connectivity index is 0.000000240. The van der Waals surface area contributed by atoms with Crippen molar-refractivity contribution in [1.82, 2.24) is 28.9 Å². The molecule has 0 radical (unpaired) electrons. The molecule has 2 fully saturated rings. The summed E-state index contributed by atoms with van der Waals surface area (Å²) >= 11 is 13.3. The average Bonchev–Trinajstić information content (AvgIpc) is 2.81. The minimum Gasteiger partial charge on any atom is -0.497 e. The molecule has 0 saturated carbocycles. The van der Waals surface area contributed by atoms with E-state index in [9.17, 15) is 39.2 Å². The number of amides is 1. The molecule has 2 aliphatic heterocycles. The van der Waals surface area contributed by atoms with E-state index in [2.05, 4.69) is 24.0 Å². The van der Waals surface area contributed by atoms with Crippen LogP contribution in [0.5, 0.6) is 17.2 Å². The van der Waals surface area contributed by atoms with E-state index >= 15 is 8.78 Å². The molecule has 0 unspecified atom stereocenters. The summed E-state index contributed by atoms with van der Waals surface area (Å²) in [6.45, 7) is 8.76. The van der Waals surface area contributed by atoms with Gasteiger partial charge in [0.2, 0.25) is 10.3 Å². The van der Waals surface area contributed by atoms with E-state index in [1.165, 1.54) is 37.7 Å². The van der Waals surface area contributed by atoms with E-state index < -0.39 is 98.8 Å². The van der Waals surface area contributed by atoms with E-state index in [4.69, 9.17) is 42.1 Å². The normalized spacial score (nSPS) is 15.1. The summed E-state index contributed by atoms with van der Waals surface area (Å²) < 4.78 is 174. The summed E-state index contributed by atoms with van der Waals surface area (Å²) in [6.07, 6.45) is 4.68. The molecule has 85 heavy (non-hydrogen) atoms. The van der Waals surface area contributed by atoms with Crippen LogP contribution < -0.4 is 28.6 Å². The van der Waals surface area contributed by atoms with Crippen LogP contribution in [0.1, 0.15) is 81.5 Å². The molecule has 0 spiro atoms. The SMILES string of the molecule is COc1ccc(CN(c2ncns2)S(=O)(=O)c2cc(F)c(OCCC3(c4ccc(Cl)c(F)c4)CCN(C(=O)OC(C)(C)C)CC3)cc2F)c(C)c1.O=S(=O)(Nc1ncns1)c1cc(F)c(OCCC2(c3ccc(Cl)c(F)c3)CCNCC2)cc1F. The predicted octanol–water partition coefficient (Wildman–Crippen LogP) is 12.6. The van der Waals surface area contributed by atoms with Crippen molar-refractivity contribution in [2.45, 2.75) is 99.0 Å². The van der Waals surface area contributed by atoms with Crippen LogP contribution in [0, 0.1) is 41.8 Å². The topological polar surface area (TPSA) is 204 Å². The molecular formula is C56H58Cl2F6N8O9S4. The largest absolute Gasteiger partial charge is 0.497 e. The van der Waals surface area contributed by atoms with Crippen LogP contribution in [0.25, 0.3) is 0 Å². The van der Waals surface area contributed by atoms with Gasteiger partial charge in [0.1, 0.15) is 57.1 Å². The number of aromatic nitrogens is 4. The van der Waals surface area contributed by atoms with Gasteiger partial charge in [0, 0.05) is 71.2 Å². The minimum absolute atomic E-state index is 0.00966. The fourth-order valence-corrected chi connectivity index (χ4v) is 14.1. The number of benzene rings is 5. The van der Waals surface area contributed by atoms with Gasteiger partial charge in [-0.3, -0.25) is 4.72 Å². The molecule has 7 aromatic rings. The number of rotatable bonds is 19. The summed E-state index contributed by atoms with van der Waals surface area (Å²) in [5.41, 5.74) is 0.860. The van der Waals surface area contributed by atoms with Crippen LogP contribution in [0.3, 0.4) is 0 Å². The molecule has 0 atom stereocenters. The minimum atomic E-state index is -4.69. The lowest BCUT2D eigenvalue weighted by atomic mass is 9.70. The third kappa shape index (κ3) is 15.6. The summed E-state index contributed by atoms with van der Waals surface area (Å²) in [7, 11) is -7.59. The highest BCUT2D eigenvalue weighted by Gasteiger charge is 2.40. The molecule has 9 rings (SSSR count). The molecule has 29 heteroatoms. The Morgan fingerprint density at radius 2 is 1.25 bits per heavy atom. The number of nitrogens with one attached hydrogen (secondary N) is 2. The van der Waals surface area contributed by atoms with Gasteiger partial charge in [-0.2, -0.15) is 8.75 Å². The monoisotopic (exact) mass is 1300 g/mol. The molecule has 2 aliphatic rings. The van der Waals surface area contributed by atoms with Crippen molar-refractivity contribution >= 4 is 82.7 Å². The maximum Gasteiger partial charge on any atom is 0.410 e. The Hall–Kier alpha value is -6.49. The zero-order valence-electron chi connectivity index (χ0n) is 46.4. The average molecular weight is 1300 g/mol. The molecule has 2 saturated heterocycles. The number of nitrogens with zero attached hydrogens (tertiary/aromatic N) is 6. The Morgan fingerprint density at radius 1 is 0.706 bits per heavy atom. The number of aryl methyl sites for hydroxylation is 1. The molecule has 2 aromatic heterocycles.